The van der Waals surface area contributed by atoms with Crippen LogP contribution in [-0.2, 0) is 11.3 Å². The van der Waals surface area contributed by atoms with E-state index in [1.54, 1.807) is 20.3 Å². The molecule has 0 atom stereocenters. The van der Waals surface area contributed by atoms with Crippen LogP contribution in [0.25, 0.3) is 0 Å². The first kappa shape index (κ1) is 14.8. The number of nitriles is 1. The fourth-order valence-corrected chi connectivity index (χ4v) is 2.46. The molecule has 2 rings (SSSR count). The van der Waals surface area contributed by atoms with Gasteiger partial charge in [-0.05, 0) is 42.9 Å². The number of methoxy groups -OCH3 is 2. The summed E-state index contributed by atoms with van der Waals surface area (Å²) in [5.74, 6) is 0.832. The fraction of sp³-hybridized carbons (Fsp3) is 0.562. The SMILES string of the molecule is COCCC1(CNCc2cc(C#N)ccc2OC)CC1. The highest BCUT2D eigenvalue weighted by atomic mass is 16.5. The van der Waals surface area contributed by atoms with Crippen molar-refractivity contribution >= 4 is 0 Å². The molecule has 0 aliphatic heterocycles. The first-order valence-corrected chi connectivity index (χ1v) is 7.00. The minimum Gasteiger partial charge on any atom is -0.496 e. The van der Waals surface area contributed by atoms with Crippen LogP contribution in [0.2, 0.25) is 0 Å². The molecule has 0 saturated heterocycles. The van der Waals surface area contributed by atoms with Crippen molar-refractivity contribution in [2.24, 2.45) is 5.41 Å². The van der Waals surface area contributed by atoms with E-state index in [1.165, 1.54) is 12.8 Å². The second kappa shape index (κ2) is 6.74. The van der Waals surface area contributed by atoms with E-state index in [0.717, 1.165) is 37.4 Å². The molecule has 4 heteroatoms. The topological polar surface area (TPSA) is 54.3 Å². The predicted molar refractivity (Wildman–Crippen MR) is 77.6 cm³/mol. The van der Waals surface area contributed by atoms with E-state index in [2.05, 4.69) is 11.4 Å². The molecule has 0 unspecified atom stereocenters. The van der Waals surface area contributed by atoms with Crippen LogP contribution >= 0.6 is 0 Å². The standard InChI is InChI=1S/C16H22N2O2/c1-19-8-7-16(5-6-16)12-18-11-14-9-13(10-17)3-4-15(14)20-2/h3-4,9,18H,5-8,11-12H2,1-2H3. The number of hydrogen-bond acceptors (Lipinski definition) is 4. The van der Waals surface area contributed by atoms with Crippen LogP contribution in [0.1, 0.15) is 30.4 Å². The first-order chi connectivity index (χ1) is 9.73. The molecule has 1 N–H and O–H groups in total. The third-order valence-corrected chi connectivity index (χ3v) is 4.02. The van der Waals surface area contributed by atoms with Gasteiger partial charge in [0, 0.05) is 32.4 Å². The monoisotopic (exact) mass is 274 g/mol. The summed E-state index contributed by atoms with van der Waals surface area (Å²) in [4.78, 5) is 0. The maximum atomic E-state index is 8.96. The lowest BCUT2D eigenvalue weighted by Gasteiger charge is -2.16. The van der Waals surface area contributed by atoms with Crippen molar-refractivity contribution in [2.45, 2.75) is 25.8 Å². The van der Waals surface area contributed by atoms with E-state index in [0.29, 0.717) is 11.0 Å². The third kappa shape index (κ3) is 3.72. The van der Waals surface area contributed by atoms with Crippen LogP contribution in [0, 0.1) is 16.7 Å². The molecule has 1 aliphatic carbocycles. The van der Waals surface area contributed by atoms with Crippen LogP contribution in [0.4, 0.5) is 0 Å². The zero-order valence-electron chi connectivity index (χ0n) is 12.2. The summed E-state index contributed by atoms with van der Waals surface area (Å²) < 4.78 is 10.5. The molecule has 20 heavy (non-hydrogen) atoms. The number of nitrogens with zero attached hydrogens (tertiary/aromatic N) is 1. The molecular formula is C16H22N2O2. The third-order valence-electron chi connectivity index (χ3n) is 4.02. The van der Waals surface area contributed by atoms with E-state index < -0.39 is 0 Å². The van der Waals surface area contributed by atoms with Gasteiger partial charge in [0.25, 0.3) is 0 Å². The quantitative estimate of drug-likeness (QED) is 0.791. The van der Waals surface area contributed by atoms with Crippen molar-refractivity contribution in [1.29, 1.82) is 5.26 Å². The molecule has 1 fully saturated rings. The summed E-state index contributed by atoms with van der Waals surface area (Å²) in [7, 11) is 3.41. The van der Waals surface area contributed by atoms with Gasteiger partial charge in [-0.1, -0.05) is 0 Å². The zero-order valence-corrected chi connectivity index (χ0v) is 12.2. The minimum atomic E-state index is 0.427. The summed E-state index contributed by atoms with van der Waals surface area (Å²) >= 11 is 0. The van der Waals surface area contributed by atoms with Gasteiger partial charge in [-0.3, -0.25) is 0 Å². The molecule has 0 heterocycles. The van der Waals surface area contributed by atoms with Gasteiger partial charge < -0.3 is 14.8 Å². The number of nitrogens with one attached hydrogen (secondary N) is 1. The molecule has 108 valence electrons. The average Bonchev–Trinajstić information content (AvgIpc) is 3.25. The fourth-order valence-electron chi connectivity index (χ4n) is 2.46. The summed E-state index contributed by atoms with van der Waals surface area (Å²) in [5, 5.41) is 12.5. The Kier molecular flexibility index (Phi) is 4.99. The molecule has 1 aliphatic rings. The van der Waals surface area contributed by atoms with Crippen molar-refractivity contribution in [3.8, 4) is 11.8 Å². The van der Waals surface area contributed by atoms with Gasteiger partial charge in [-0.25, -0.2) is 0 Å². The molecule has 0 bridgehead atoms. The Morgan fingerprint density at radius 3 is 2.75 bits per heavy atom. The summed E-state index contributed by atoms with van der Waals surface area (Å²) in [6, 6.07) is 7.69. The Bertz CT molecular complexity index is 490. The number of benzene rings is 1. The van der Waals surface area contributed by atoms with E-state index in [9.17, 15) is 0 Å². The van der Waals surface area contributed by atoms with Gasteiger partial charge in [0.1, 0.15) is 5.75 Å². The Morgan fingerprint density at radius 1 is 1.35 bits per heavy atom. The highest BCUT2D eigenvalue weighted by Gasteiger charge is 2.41. The predicted octanol–water partition coefficient (Wildman–Crippen LogP) is 2.47. The average molecular weight is 274 g/mol. The minimum absolute atomic E-state index is 0.427. The lowest BCUT2D eigenvalue weighted by atomic mass is 10.0. The Morgan fingerprint density at radius 2 is 2.15 bits per heavy atom. The van der Waals surface area contributed by atoms with Crippen molar-refractivity contribution < 1.29 is 9.47 Å². The van der Waals surface area contributed by atoms with Crippen LogP contribution in [0.3, 0.4) is 0 Å². The largest absolute Gasteiger partial charge is 0.496 e. The molecule has 1 aromatic carbocycles. The zero-order chi connectivity index (χ0) is 14.4. The van der Waals surface area contributed by atoms with E-state index in [4.69, 9.17) is 14.7 Å². The van der Waals surface area contributed by atoms with Crippen LogP contribution in [0.5, 0.6) is 5.75 Å². The van der Waals surface area contributed by atoms with E-state index in [-0.39, 0.29) is 0 Å². The maximum Gasteiger partial charge on any atom is 0.123 e. The lowest BCUT2D eigenvalue weighted by Crippen LogP contribution is -2.24. The van der Waals surface area contributed by atoms with Crippen molar-refractivity contribution in [2.75, 3.05) is 27.4 Å². The molecule has 0 amide bonds. The summed E-state index contributed by atoms with van der Waals surface area (Å²) in [6.45, 7) is 2.55. The number of rotatable bonds is 8. The Balaban J connectivity index is 1.89. The normalized spacial score (nSPS) is 15.7. The number of hydrogen-bond donors (Lipinski definition) is 1. The summed E-state index contributed by atoms with van der Waals surface area (Å²) in [5.41, 5.74) is 2.13. The van der Waals surface area contributed by atoms with Crippen LogP contribution < -0.4 is 10.1 Å². The van der Waals surface area contributed by atoms with Gasteiger partial charge in [0.05, 0.1) is 18.7 Å². The molecule has 0 spiro atoms. The molecular weight excluding hydrogens is 252 g/mol. The van der Waals surface area contributed by atoms with Crippen LogP contribution in [0.15, 0.2) is 18.2 Å². The number of ether oxygens (including phenoxy) is 2. The van der Waals surface area contributed by atoms with Crippen molar-refractivity contribution in [3.05, 3.63) is 29.3 Å². The van der Waals surface area contributed by atoms with Gasteiger partial charge in [-0.2, -0.15) is 5.26 Å². The van der Waals surface area contributed by atoms with Crippen LogP contribution in [-0.4, -0.2) is 27.4 Å². The molecule has 1 aromatic rings. The van der Waals surface area contributed by atoms with E-state index in [1.807, 2.05) is 12.1 Å². The highest BCUT2D eigenvalue weighted by molar-refractivity contribution is 5.42. The maximum absolute atomic E-state index is 8.96. The second-order valence-corrected chi connectivity index (χ2v) is 5.48. The summed E-state index contributed by atoms with van der Waals surface area (Å²) in [6.07, 6.45) is 3.67. The Hall–Kier alpha value is -1.57. The molecule has 0 radical (unpaired) electrons. The molecule has 0 aromatic heterocycles. The van der Waals surface area contributed by atoms with Gasteiger partial charge in [-0.15, -0.1) is 0 Å². The second-order valence-electron chi connectivity index (χ2n) is 5.48. The van der Waals surface area contributed by atoms with Gasteiger partial charge in [0.2, 0.25) is 0 Å². The smallest absolute Gasteiger partial charge is 0.123 e. The van der Waals surface area contributed by atoms with Gasteiger partial charge in [0.15, 0.2) is 0 Å². The van der Waals surface area contributed by atoms with E-state index >= 15 is 0 Å². The molecule has 1 saturated carbocycles. The molecule has 4 nitrogen and oxygen atoms in total. The van der Waals surface area contributed by atoms with Crippen molar-refractivity contribution in [1.82, 2.24) is 5.32 Å². The highest BCUT2D eigenvalue weighted by Crippen LogP contribution is 2.48. The van der Waals surface area contributed by atoms with Gasteiger partial charge >= 0.3 is 0 Å². The first-order valence-electron chi connectivity index (χ1n) is 7.00. The Labute approximate surface area is 120 Å². The lowest BCUT2D eigenvalue weighted by molar-refractivity contribution is 0.171. The van der Waals surface area contributed by atoms with Crippen molar-refractivity contribution in [3.63, 3.8) is 0 Å².